The third-order valence-corrected chi connectivity index (χ3v) is 10.6. The molecule has 0 bridgehead atoms. The number of aliphatic hydroxyl groups is 3. The number of pyridine rings is 1. The molecule has 1 aromatic rings. The predicted octanol–water partition coefficient (Wildman–Crippen LogP) is 6.37. The molecule has 4 aliphatic carbocycles. The molecule has 1 aromatic heterocycles. The van der Waals surface area contributed by atoms with Crippen LogP contribution in [-0.4, -0.2) is 38.6 Å². The summed E-state index contributed by atoms with van der Waals surface area (Å²) in [7, 11) is 0. The molecule has 4 saturated carbocycles. The van der Waals surface area contributed by atoms with Crippen molar-refractivity contribution < 1.29 is 15.3 Å². The van der Waals surface area contributed by atoms with Gasteiger partial charge in [0.15, 0.2) is 0 Å². The fraction of sp³-hybridized carbons (Fsp3) is 0.618. The van der Waals surface area contributed by atoms with Crippen LogP contribution in [0.15, 0.2) is 65.8 Å². The Morgan fingerprint density at radius 2 is 1.92 bits per heavy atom. The van der Waals surface area contributed by atoms with E-state index in [-0.39, 0.29) is 10.8 Å². The number of aryl methyl sites for hydroxylation is 1. The molecule has 0 unspecified atom stereocenters. The van der Waals surface area contributed by atoms with E-state index in [9.17, 15) is 15.3 Å². The minimum absolute atomic E-state index is 0.206. The molecule has 3 N–H and O–H groups in total. The smallest absolute Gasteiger partial charge is 0.0832 e. The normalized spacial score (nSPS) is 36.5. The van der Waals surface area contributed by atoms with E-state index in [1.165, 1.54) is 31.3 Å². The number of fused-ring (bicyclic) bond motifs is 1. The average molecular weight is 518 g/mol. The van der Waals surface area contributed by atoms with Crippen LogP contribution in [0.2, 0.25) is 0 Å². The van der Waals surface area contributed by atoms with Crippen molar-refractivity contribution in [1.29, 1.82) is 0 Å². The van der Waals surface area contributed by atoms with Crippen LogP contribution in [0, 0.1) is 23.2 Å². The van der Waals surface area contributed by atoms with Crippen LogP contribution in [0.1, 0.15) is 89.9 Å². The Balaban J connectivity index is 1.29. The van der Waals surface area contributed by atoms with E-state index in [1.807, 2.05) is 0 Å². The Morgan fingerprint density at radius 1 is 1.13 bits per heavy atom. The Morgan fingerprint density at radius 3 is 2.66 bits per heavy atom. The van der Waals surface area contributed by atoms with E-state index in [0.717, 1.165) is 48.2 Å². The van der Waals surface area contributed by atoms with E-state index in [2.05, 4.69) is 69.9 Å². The van der Waals surface area contributed by atoms with Gasteiger partial charge in [-0.1, -0.05) is 63.3 Å². The molecule has 0 aliphatic heterocycles. The largest absolute Gasteiger partial charge is 0.393 e. The Bertz CT molecular complexity index is 1130. The van der Waals surface area contributed by atoms with E-state index >= 15 is 0 Å². The monoisotopic (exact) mass is 517 g/mol. The first kappa shape index (κ1) is 27.6. The molecule has 5 rings (SSSR count). The molecule has 7 atom stereocenters. The lowest BCUT2D eigenvalue weighted by molar-refractivity contribution is 0.0862. The van der Waals surface area contributed by atoms with Crippen LogP contribution in [-0.2, 0) is 11.8 Å². The number of nitrogens with zero attached hydrogens (tertiary/aromatic N) is 1. The second kappa shape index (κ2) is 10.9. The van der Waals surface area contributed by atoms with E-state index in [0.29, 0.717) is 30.6 Å². The highest BCUT2D eigenvalue weighted by atomic mass is 16.3. The van der Waals surface area contributed by atoms with E-state index < -0.39 is 18.3 Å². The molecular formula is C34H47NO3. The summed E-state index contributed by atoms with van der Waals surface area (Å²) in [6, 6.07) is 6.24. The van der Waals surface area contributed by atoms with Crippen molar-refractivity contribution >= 4 is 0 Å². The molecule has 4 fully saturated rings. The Kier molecular flexibility index (Phi) is 7.88. The van der Waals surface area contributed by atoms with Crippen molar-refractivity contribution in [3.05, 3.63) is 77.2 Å². The molecule has 4 aliphatic rings. The molecule has 206 valence electrons. The molecule has 0 spiro atoms. The lowest BCUT2D eigenvalue weighted by atomic mass is 9.61. The third-order valence-electron chi connectivity index (χ3n) is 10.6. The first-order valence-electron chi connectivity index (χ1n) is 15.0. The second-order valence-electron chi connectivity index (χ2n) is 12.9. The second-order valence-corrected chi connectivity index (χ2v) is 12.9. The summed E-state index contributed by atoms with van der Waals surface area (Å²) in [6.07, 6.45) is 17.0. The van der Waals surface area contributed by atoms with Gasteiger partial charge in [0.05, 0.1) is 18.3 Å². The van der Waals surface area contributed by atoms with Gasteiger partial charge in [0, 0.05) is 23.2 Å². The van der Waals surface area contributed by atoms with Crippen LogP contribution in [0.4, 0.5) is 0 Å². The third kappa shape index (κ3) is 5.12. The summed E-state index contributed by atoms with van der Waals surface area (Å²) in [4.78, 5) is 4.85. The number of hydrogen-bond acceptors (Lipinski definition) is 4. The molecule has 0 amide bonds. The topological polar surface area (TPSA) is 73.6 Å². The molecule has 38 heavy (non-hydrogen) atoms. The number of allylic oxidation sites excluding steroid dienone is 4. The SMILES string of the molecule is C=C1C(=CC=C2CCC[C@]3(C)[C@@H]([C@H](C)C=C[C@H](O)C4(c5cccc(CC)n5)CC4)CC[C@@H]23)C[C@@H](O)C[C@@H]1O. The van der Waals surface area contributed by atoms with Crippen molar-refractivity contribution in [2.24, 2.45) is 23.2 Å². The van der Waals surface area contributed by atoms with Gasteiger partial charge >= 0.3 is 0 Å². The number of aromatic nitrogens is 1. The van der Waals surface area contributed by atoms with Gasteiger partial charge in [-0.3, -0.25) is 4.98 Å². The van der Waals surface area contributed by atoms with Crippen LogP contribution in [0.5, 0.6) is 0 Å². The van der Waals surface area contributed by atoms with Crippen LogP contribution < -0.4 is 0 Å². The van der Waals surface area contributed by atoms with Crippen molar-refractivity contribution in [2.75, 3.05) is 0 Å². The number of hydrogen-bond donors (Lipinski definition) is 3. The summed E-state index contributed by atoms with van der Waals surface area (Å²) in [5.41, 5.74) is 5.47. The minimum atomic E-state index is -0.639. The molecule has 0 radical (unpaired) electrons. The first-order valence-corrected chi connectivity index (χ1v) is 15.0. The van der Waals surface area contributed by atoms with Crippen molar-refractivity contribution in [1.82, 2.24) is 4.98 Å². The fourth-order valence-corrected chi connectivity index (χ4v) is 8.00. The van der Waals surface area contributed by atoms with Crippen molar-refractivity contribution in [3.63, 3.8) is 0 Å². The molecule has 1 heterocycles. The molecule has 4 nitrogen and oxygen atoms in total. The molecule has 0 saturated heterocycles. The average Bonchev–Trinajstić information content (AvgIpc) is 3.64. The van der Waals surface area contributed by atoms with Crippen LogP contribution >= 0.6 is 0 Å². The summed E-state index contributed by atoms with van der Waals surface area (Å²) >= 11 is 0. The minimum Gasteiger partial charge on any atom is -0.393 e. The summed E-state index contributed by atoms with van der Waals surface area (Å²) in [6.45, 7) is 11.0. The van der Waals surface area contributed by atoms with Gasteiger partial charge in [-0.15, -0.1) is 0 Å². The van der Waals surface area contributed by atoms with E-state index in [4.69, 9.17) is 4.98 Å². The lowest BCUT2D eigenvalue weighted by Gasteiger charge is -2.44. The van der Waals surface area contributed by atoms with Gasteiger partial charge in [-0.2, -0.15) is 0 Å². The van der Waals surface area contributed by atoms with Gasteiger partial charge in [-0.05, 0) is 104 Å². The zero-order valence-corrected chi connectivity index (χ0v) is 23.6. The zero-order valence-electron chi connectivity index (χ0n) is 23.6. The van der Waals surface area contributed by atoms with Gasteiger partial charge < -0.3 is 15.3 Å². The summed E-state index contributed by atoms with van der Waals surface area (Å²) in [5, 5.41) is 31.6. The first-order chi connectivity index (χ1) is 18.2. The maximum Gasteiger partial charge on any atom is 0.0832 e. The van der Waals surface area contributed by atoms with Crippen molar-refractivity contribution in [2.45, 2.75) is 109 Å². The van der Waals surface area contributed by atoms with Gasteiger partial charge in [-0.25, -0.2) is 0 Å². The maximum absolute atomic E-state index is 11.3. The lowest BCUT2D eigenvalue weighted by Crippen LogP contribution is -2.35. The Labute approximate surface area is 229 Å². The number of aliphatic hydroxyl groups excluding tert-OH is 3. The van der Waals surface area contributed by atoms with Crippen LogP contribution in [0.25, 0.3) is 0 Å². The highest BCUT2D eigenvalue weighted by Crippen LogP contribution is 2.59. The van der Waals surface area contributed by atoms with Crippen LogP contribution in [0.3, 0.4) is 0 Å². The maximum atomic E-state index is 11.3. The predicted molar refractivity (Wildman–Crippen MR) is 154 cm³/mol. The fourth-order valence-electron chi connectivity index (χ4n) is 8.00. The van der Waals surface area contributed by atoms with Crippen molar-refractivity contribution in [3.8, 4) is 0 Å². The Hall–Kier alpha value is -2.01. The molecule has 0 aromatic carbocycles. The molecule has 4 heteroatoms. The quantitative estimate of drug-likeness (QED) is 0.368. The highest BCUT2D eigenvalue weighted by molar-refractivity contribution is 5.39. The standard InChI is InChI=1S/C34H47NO3/c1-5-26-9-6-10-31(35-26)34(18-19-34)32(38)16-11-22(2)28-14-15-29-24(8-7-17-33(28,29)4)12-13-25-20-27(36)21-30(37)23(25)3/h6,9-13,16,22,27-30,32,36-38H,3,5,7-8,14-15,17-21H2,1-2,4H3/t22-,27-,28-,29+,30+,32+,33-/m1/s1. The van der Waals surface area contributed by atoms with Gasteiger partial charge in [0.2, 0.25) is 0 Å². The van der Waals surface area contributed by atoms with Gasteiger partial charge in [0.25, 0.3) is 0 Å². The highest BCUT2D eigenvalue weighted by Gasteiger charge is 2.52. The molecular weight excluding hydrogens is 470 g/mol. The summed E-state index contributed by atoms with van der Waals surface area (Å²) in [5.74, 6) is 1.57. The number of rotatable bonds is 7. The van der Waals surface area contributed by atoms with Gasteiger partial charge in [0.1, 0.15) is 0 Å². The summed E-state index contributed by atoms with van der Waals surface area (Å²) < 4.78 is 0. The van der Waals surface area contributed by atoms with E-state index in [1.54, 1.807) is 0 Å². The zero-order chi connectivity index (χ0) is 27.1.